The zero-order valence-electron chi connectivity index (χ0n) is 25.3. The van der Waals surface area contributed by atoms with Gasteiger partial charge in [-0.15, -0.1) is 11.3 Å². The van der Waals surface area contributed by atoms with Crippen molar-refractivity contribution in [3.05, 3.63) is 52.9 Å². The first-order chi connectivity index (χ1) is 20.7. The van der Waals surface area contributed by atoms with Crippen LogP contribution < -0.4 is 15.5 Å². The Labute approximate surface area is 256 Å². The van der Waals surface area contributed by atoms with Crippen molar-refractivity contribution in [2.24, 2.45) is 17.8 Å². The van der Waals surface area contributed by atoms with E-state index in [9.17, 15) is 14.7 Å². The van der Waals surface area contributed by atoms with Crippen LogP contribution in [0.25, 0.3) is 10.4 Å². The molecule has 43 heavy (non-hydrogen) atoms. The number of amides is 2. The van der Waals surface area contributed by atoms with Crippen LogP contribution >= 0.6 is 11.3 Å². The van der Waals surface area contributed by atoms with Crippen LogP contribution in [0.1, 0.15) is 62.6 Å². The molecule has 1 aromatic carbocycles. The molecule has 3 aliphatic rings. The number of carbonyl (C=O) groups excluding carboxylic acids is 2. The van der Waals surface area contributed by atoms with Gasteiger partial charge in [-0.1, -0.05) is 43.3 Å². The maximum Gasteiger partial charge on any atom is 0.243 e. The lowest BCUT2D eigenvalue weighted by molar-refractivity contribution is -0.141. The summed E-state index contributed by atoms with van der Waals surface area (Å²) in [6.07, 6.45) is 0.595. The largest absolute Gasteiger partial charge is 0.391 e. The Morgan fingerprint density at radius 3 is 2.60 bits per heavy atom. The van der Waals surface area contributed by atoms with Gasteiger partial charge in [0.15, 0.2) is 11.6 Å². The van der Waals surface area contributed by atoms with Crippen LogP contribution in [0.15, 0.2) is 40.4 Å². The molecule has 0 aliphatic carbocycles. The van der Waals surface area contributed by atoms with Gasteiger partial charge in [0.25, 0.3) is 0 Å². The minimum Gasteiger partial charge on any atom is -0.391 e. The molecule has 230 valence electrons. The Morgan fingerprint density at radius 2 is 1.91 bits per heavy atom. The fraction of sp³-hybridized carbons (Fsp3) is 0.562. The number of fused-ring (bicyclic) bond motifs is 1. The highest BCUT2D eigenvalue weighted by molar-refractivity contribution is 7.13. The molecule has 11 heteroatoms. The summed E-state index contributed by atoms with van der Waals surface area (Å²) in [6, 6.07) is 8.97. The van der Waals surface area contributed by atoms with Crippen molar-refractivity contribution < 1.29 is 19.2 Å². The van der Waals surface area contributed by atoms with Crippen molar-refractivity contribution in [2.75, 3.05) is 37.6 Å². The molecule has 0 spiro atoms. The molecule has 3 fully saturated rings. The topological polar surface area (TPSA) is 124 Å². The number of benzene rings is 1. The van der Waals surface area contributed by atoms with E-state index in [1.807, 2.05) is 63.5 Å². The quantitative estimate of drug-likeness (QED) is 0.355. The number of aliphatic hydroxyl groups is 1. The van der Waals surface area contributed by atoms with Crippen molar-refractivity contribution in [1.29, 1.82) is 0 Å². The summed E-state index contributed by atoms with van der Waals surface area (Å²) in [5, 5.41) is 21.5. The molecule has 10 nitrogen and oxygen atoms in total. The molecule has 3 N–H and O–H groups in total. The second-order valence-electron chi connectivity index (χ2n) is 12.7. The molecule has 6 rings (SSSR count). The van der Waals surface area contributed by atoms with Crippen LogP contribution in [0.5, 0.6) is 0 Å². The van der Waals surface area contributed by atoms with Gasteiger partial charge in [-0.25, -0.2) is 4.98 Å². The third kappa shape index (κ3) is 6.07. The van der Waals surface area contributed by atoms with E-state index < -0.39 is 18.1 Å². The number of piperidine rings is 1. The van der Waals surface area contributed by atoms with E-state index in [0.717, 1.165) is 60.1 Å². The van der Waals surface area contributed by atoms with Gasteiger partial charge in [0, 0.05) is 32.1 Å². The molecule has 3 aromatic rings. The number of rotatable bonds is 8. The zero-order valence-corrected chi connectivity index (χ0v) is 26.1. The Hall–Kier alpha value is -3.28. The molecule has 3 aliphatic heterocycles. The molecular weight excluding hydrogens is 564 g/mol. The van der Waals surface area contributed by atoms with Gasteiger partial charge in [-0.2, -0.15) is 0 Å². The zero-order chi connectivity index (χ0) is 30.2. The molecule has 2 amide bonds. The summed E-state index contributed by atoms with van der Waals surface area (Å²) in [4.78, 5) is 36.8. The second-order valence-corrected chi connectivity index (χ2v) is 13.6. The minimum absolute atomic E-state index is 0.0836. The van der Waals surface area contributed by atoms with E-state index in [-0.39, 0.29) is 36.7 Å². The number of carbonyl (C=O) groups is 2. The second kappa shape index (κ2) is 12.4. The smallest absolute Gasteiger partial charge is 0.243 e. The maximum absolute atomic E-state index is 14.0. The third-order valence-corrected chi connectivity index (χ3v) is 10.4. The standard InChI is InChI=1S/C32H42N6O4S/c1-18(2)29(27-12-28(36-42-27)37-14-23-9-10-33-13-24(23)15-37)32(41)38-16-25(39)11-26(38)31(40)35-19(3)21-5-7-22(8-6-21)30-20(4)34-17-43-30/h5-8,12,17-19,23-26,29,33,39H,9-11,13-16H2,1-4H3,(H,35,40)/t19-,23-,24+,25+,26-,29-/m0/s1. The Kier molecular flexibility index (Phi) is 8.57. The summed E-state index contributed by atoms with van der Waals surface area (Å²) in [6.45, 7) is 11.9. The number of nitrogens with one attached hydrogen (secondary N) is 2. The summed E-state index contributed by atoms with van der Waals surface area (Å²) < 4.78 is 5.80. The number of nitrogens with zero attached hydrogens (tertiary/aromatic N) is 4. The van der Waals surface area contributed by atoms with Crippen molar-refractivity contribution in [3.63, 3.8) is 0 Å². The summed E-state index contributed by atoms with van der Waals surface area (Å²) in [7, 11) is 0. The first-order valence-electron chi connectivity index (χ1n) is 15.4. The van der Waals surface area contributed by atoms with Crippen LogP contribution in [0.3, 0.4) is 0 Å². The van der Waals surface area contributed by atoms with Gasteiger partial charge in [0.2, 0.25) is 11.8 Å². The van der Waals surface area contributed by atoms with Crippen molar-refractivity contribution >= 4 is 29.0 Å². The molecule has 0 bridgehead atoms. The average Bonchev–Trinajstić information content (AvgIpc) is 3.79. The fourth-order valence-corrected chi connectivity index (χ4v) is 7.76. The molecule has 0 radical (unpaired) electrons. The summed E-state index contributed by atoms with van der Waals surface area (Å²) in [5.41, 5.74) is 4.89. The number of thiazole rings is 1. The Morgan fingerprint density at radius 1 is 1.14 bits per heavy atom. The SMILES string of the molecule is Cc1ncsc1-c1ccc([C@H](C)NC(=O)[C@@H]2C[C@@H](O)CN2C(=O)[C@H](c2cc(N3C[C@H]4CNCC[C@H]4C3)no2)C(C)C)cc1. The van der Waals surface area contributed by atoms with Crippen molar-refractivity contribution in [3.8, 4) is 10.4 Å². The first kappa shape index (κ1) is 29.8. The van der Waals surface area contributed by atoms with E-state index >= 15 is 0 Å². The lowest BCUT2D eigenvalue weighted by atomic mass is 9.90. The normalized spacial score (nSPS) is 25.2. The lowest BCUT2D eigenvalue weighted by Crippen LogP contribution is -2.48. The summed E-state index contributed by atoms with van der Waals surface area (Å²) >= 11 is 1.60. The van der Waals surface area contributed by atoms with Crippen molar-refractivity contribution in [1.82, 2.24) is 25.7 Å². The number of hydrogen-bond acceptors (Lipinski definition) is 9. The Balaban J connectivity index is 1.14. The van der Waals surface area contributed by atoms with Crippen LogP contribution in [-0.2, 0) is 9.59 Å². The fourth-order valence-electron chi connectivity index (χ4n) is 6.95. The van der Waals surface area contributed by atoms with Crippen LogP contribution in [-0.4, -0.2) is 76.8 Å². The minimum atomic E-state index is -0.767. The van der Waals surface area contributed by atoms with Gasteiger partial charge in [-0.3, -0.25) is 9.59 Å². The van der Waals surface area contributed by atoms with E-state index in [2.05, 4.69) is 25.7 Å². The molecule has 2 aromatic heterocycles. The van der Waals surface area contributed by atoms with Crippen LogP contribution in [0, 0.1) is 24.7 Å². The highest BCUT2D eigenvalue weighted by atomic mass is 32.1. The molecule has 0 saturated carbocycles. The highest BCUT2D eigenvalue weighted by Crippen LogP contribution is 2.36. The van der Waals surface area contributed by atoms with E-state index in [0.29, 0.717) is 17.6 Å². The lowest BCUT2D eigenvalue weighted by Gasteiger charge is -2.29. The molecule has 0 unspecified atom stereocenters. The number of hydrogen-bond donors (Lipinski definition) is 3. The average molecular weight is 607 g/mol. The van der Waals surface area contributed by atoms with Crippen molar-refractivity contribution in [2.45, 2.75) is 64.6 Å². The molecule has 5 heterocycles. The third-order valence-electron chi connectivity index (χ3n) is 9.40. The number of aliphatic hydroxyl groups excluding tert-OH is 1. The number of aromatic nitrogens is 2. The van der Waals surface area contributed by atoms with Crippen LogP contribution in [0.2, 0.25) is 0 Å². The molecule has 6 atom stereocenters. The van der Waals surface area contributed by atoms with Gasteiger partial charge in [0.1, 0.15) is 12.0 Å². The molecular formula is C32H42N6O4S. The number of likely N-dealkylation sites (tertiary alicyclic amines) is 1. The van der Waals surface area contributed by atoms with Gasteiger partial charge >= 0.3 is 0 Å². The monoisotopic (exact) mass is 606 g/mol. The first-order valence-corrected chi connectivity index (χ1v) is 16.3. The van der Waals surface area contributed by atoms with Gasteiger partial charge in [-0.05, 0) is 62.2 Å². The van der Waals surface area contributed by atoms with E-state index in [4.69, 9.17) is 4.52 Å². The van der Waals surface area contributed by atoms with Gasteiger partial charge < -0.3 is 30.1 Å². The Bertz CT molecular complexity index is 1420. The number of anilines is 1. The van der Waals surface area contributed by atoms with Gasteiger partial charge in [0.05, 0.1) is 28.2 Å². The van der Waals surface area contributed by atoms with Crippen LogP contribution in [0.4, 0.5) is 5.82 Å². The highest BCUT2D eigenvalue weighted by Gasteiger charge is 2.44. The number of aryl methyl sites for hydroxylation is 1. The summed E-state index contributed by atoms with van der Waals surface area (Å²) in [5.74, 6) is 1.35. The predicted octanol–water partition coefficient (Wildman–Crippen LogP) is 3.73. The predicted molar refractivity (Wildman–Crippen MR) is 166 cm³/mol. The van der Waals surface area contributed by atoms with E-state index in [1.165, 1.54) is 4.90 Å². The maximum atomic E-state index is 14.0. The van der Waals surface area contributed by atoms with E-state index in [1.54, 1.807) is 11.3 Å². The number of β-amino-alcohol motifs (C(OH)–C–C–N with tert-alkyl or cyclic N) is 1. The molecule has 3 saturated heterocycles.